The summed E-state index contributed by atoms with van der Waals surface area (Å²) in [7, 11) is 1.92. The van der Waals surface area contributed by atoms with Crippen LogP contribution in [0, 0.1) is 23.2 Å². The van der Waals surface area contributed by atoms with Crippen molar-refractivity contribution < 1.29 is 14.7 Å². The third kappa shape index (κ3) is 5.25. The maximum Gasteiger partial charge on any atom is 0.274 e. The summed E-state index contributed by atoms with van der Waals surface area (Å²) in [6.45, 7) is 3.19. The zero-order chi connectivity index (χ0) is 31.4. The van der Waals surface area contributed by atoms with Gasteiger partial charge in [-0.15, -0.1) is 10.2 Å². The minimum atomic E-state index is -0.0521. The predicted octanol–water partition coefficient (Wildman–Crippen LogP) is 5.65. The number of carbonyl (C=O) groups is 2. The van der Waals surface area contributed by atoms with Crippen LogP contribution in [-0.2, 0) is 0 Å². The molecule has 9 nitrogen and oxygen atoms in total. The Morgan fingerprint density at radius 1 is 0.870 bits per heavy atom. The monoisotopic (exact) mass is 616 g/mol. The number of carbonyl (C=O) groups excluding carboxylic acids is 2. The summed E-state index contributed by atoms with van der Waals surface area (Å²) in [4.78, 5) is 37.2. The molecular formula is C37H40N6O3. The van der Waals surface area contributed by atoms with Gasteiger partial charge in [-0.3, -0.25) is 14.6 Å². The van der Waals surface area contributed by atoms with Crippen LogP contribution in [0.3, 0.4) is 0 Å². The molecule has 5 aliphatic rings. The molecule has 4 saturated carbocycles. The molecular weight excluding hydrogens is 576 g/mol. The Morgan fingerprint density at radius 2 is 1.57 bits per heavy atom. The van der Waals surface area contributed by atoms with Crippen molar-refractivity contribution in [2.24, 2.45) is 23.2 Å². The van der Waals surface area contributed by atoms with Crippen LogP contribution >= 0.6 is 0 Å². The number of fused-ring (bicyclic) bond motifs is 1. The molecule has 236 valence electrons. The Hall–Kier alpha value is -4.53. The highest BCUT2D eigenvalue weighted by molar-refractivity contribution is 6.11. The van der Waals surface area contributed by atoms with E-state index in [1.54, 1.807) is 18.3 Å². The highest BCUT2D eigenvalue weighted by Gasteiger charge is 2.51. The second-order valence-electron chi connectivity index (χ2n) is 14.3. The smallest absolute Gasteiger partial charge is 0.274 e. The van der Waals surface area contributed by atoms with E-state index < -0.39 is 0 Å². The van der Waals surface area contributed by atoms with Crippen LogP contribution in [0.15, 0.2) is 67.0 Å². The van der Waals surface area contributed by atoms with Gasteiger partial charge in [-0.05, 0) is 102 Å². The second kappa shape index (κ2) is 11.4. The van der Waals surface area contributed by atoms with E-state index in [-0.39, 0.29) is 17.6 Å². The molecule has 9 heteroatoms. The molecule has 2 aromatic heterocycles. The van der Waals surface area contributed by atoms with Crippen LogP contribution in [0.25, 0.3) is 21.9 Å². The minimum Gasteiger partial charge on any atom is -0.506 e. The predicted molar refractivity (Wildman–Crippen MR) is 177 cm³/mol. The van der Waals surface area contributed by atoms with Gasteiger partial charge in [-0.25, -0.2) is 0 Å². The van der Waals surface area contributed by atoms with Crippen molar-refractivity contribution in [3.8, 4) is 16.9 Å². The Balaban J connectivity index is 0.912. The molecule has 2 amide bonds. The normalized spacial score (nSPS) is 25.2. The topological polar surface area (TPSA) is 103 Å². The fourth-order valence-corrected chi connectivity index (χ4v) is 9.48. The van der Waals surface area contributed by atoms with E-state index in [4.69, 9.17) is 0 Å². The number of benzene rings is 2. The summed E-state index contributed by atoms with van der Waals surface area (Å²) in [5.74, 6) is 3.34. The fourth-order valence-electron chi connectivity index (χ4n) is 9.48. The lowest BCUT2D eigenvalue weighted by molar-refractivity contribution is -0.0629. The zero-order valence-electron chi connectivity index (χ0n) is 26.3. The van der Waals surface area contributed by atoms with Gasteiger partial charge in [0.15, 0.2) is 11.5 Å². The molecule has 5 fully saturated rings. The second-order valence-corrected chi connectivity index (χ2v) is 14.3. The molecule has 3 heterocycles. The van der Waals surface area contributed by atoms with Crippen molar-refractivity contribution in [1.82, 2.24) is 25.0 Å². The lowest BCUT2D eigenvalue weighted by Crippen LogP contribution is -2.51. The number of nitrogens with zero attached hydrogens (tertiary/aromatic N) is 6. The number of anilines is 1. The van der Waals surface area contributed by atoms with Crippen molar-refractivity contribution in [3.05, 3.63) is 78.2 Å². The average Bonchev–Trinajstić information content (AvgIpc) is 3.06. The molecule has 2 aromatic carbocycles. The van der Waals surface area contributed by atoms with Crippen molar-refractivity contribution in [2.45, 2.75) is 38.5 Å². The number of hydrogen-bond donors (Lipinski definition) is 1. The third-order valence-electron chi connectivity index (χ3n) is 11.0. The van der Waals surface area contributed by atoms with Gasteiger partial charge in [0, 0.05) is 57.1 Å². The Bertz CT molecular complexity index is 1760. The summed E-state index contributed by atoms with van der Waals surface area (Å²) in [6.07, 6.45) is 11.1. The van der Waals surface area contributed by atoms with Gasteiger partial charge in [0.25, 0.3) is 11.8 Å². The first-order valence-electron chi connectivity index (χ1n) is 16.6. The SMILES string of the molecule is CN(CC12CC3CC(CC(C3)C1)C2)C(=O)c1ccc(N2CCN(C(=O)c3ccc(-c4cncc(O)c4)c4ccccc34)CC2)nn1. The van der Waals surface area contributed by atoms with Crippen molar-refractivity contribution in [2.75, 3.05) is 44.7 Å². The van der Waals surface area contributed by atoms with Gasteiger partial charge in [-0.2, -0.15) is 0 Å². The molecule has 0 spiro atoms. The average molecular weight is 617 g/mol. The molecule has 1 aliphatic heterocycles. The number of piperazine rings is 1. The van der Waals surface area contributed by atoms with Gasteiger partial charge >= 0.3 is 0 Å². The van der Waals surface area contributed by atoms with E-state index in [2.05, 4.69) is 20.1 Å². The number of pyridine rings is 1. The molecule has 4 aromatic rings. The number of hydrogen-bond acceptors (Lipinski definition) is 7. The van der Waals surface area contributed by atoms with E-state index >= 15 is 0 Å². The number of amides is 2. The van der Waals surface area contributed by atoms with Crippen LogP contribution in [0.1, 0.15) is 59.4 Å². The summed E-state index contributed by atoms with van der Waals surface area (Å²) < 4.78 is 0. The summed E-state index contributed by atoms with van der Waals surface area (Å²) in [6, 6.07) is 17.0. The van der Waals surface area contributed by atoms with E-state index in [0.29, 0.717) is 42.9 Å². The number of aromatic hydroxyl groups is 1. The molecule has 4 bridgehead atoms. The van der Waals surface area contributed by atoms with E-state index in [9.17, 15) is 14.7 Å². The molecule has 0 radical (unpaired) electrons. The van der Waals surface area contributed by atoms with Crippen molar-refractivity contribution in [3.63, 3.8) is 0 Å². The summed E-state index contributed by atoms with van der Waals surface area (Å²) in [5.41, 5.74) is 3.05. The van der Waals surface area contributed by atoms with Gasteiger partial charge in [0.1, 0.15) is 5.75 Å². The third-order valence-corrected chi connectivity index (χ3v) is 11.0. The zero-order valence-corrected chi connectivity index (χ0v) is 26.3. The molecule has 0 atom stereocenters. The number of rotatable bonds is 6. The Labute approximate surface area is 269 Å². The van der Waals surface area contributed by atoms with E-state index in [0.717, 1.165) is 52.0 Å². The number of aromatic nitrogens is 3. The van der Waals surface area contributed by atoms with Crippen LogP contribution in [0.2, 0.25) is 0 Å². The molecule has 1 N–H and O–H groups in total. The maximum atomic E-state index is 13.8. The fraction of sp³-hybridized carbons (Fsp3) is 0.432. The Morgan fingerprint density at radius 3 is 2.22 bits per heavy atom. The van der Waals surface area contributed by atoms with Crippen LogP contribution in [0.5, 0.6) is 5.75 Å². The van der Waals surface area contributed by atoms with Gasteiger partial charge < -0.3 is 19.8 Å². The van der Waals surface area contributed by atoms with Crippen LogP contribution < -0.4 is 4.90 Å². The molecule has 1 saturated heterocycles. The van der Waals surface area contributed by atoms with Crippen molar-refractivity contribution >= 4 is 28.4 Å². The summed E-state index contributed by atoms with van der Waals surface area (Å²) in [5, 5.41) is 20.6. The molecule has 4 aliphatic carbocycles. The van der Waals surface area contributed by atoms with Crippen molar-refractivity contribution in [1.29, 1.82) is 0 Å². The van der Waals surface area contributed by atoms with E-state index in [1.807, 2.05) is 59.3 Å². The van der Waals surface area contributed by atoms with Gasteiger partial charge in [-0.1, -0.05) is 30.3 Å². The lowest BCUT2D eigenvalue weighted by atomic mass is 9.49. The maximum absolute atomic E-state index is 13.8. The van der Waals surface area contributed by atoms with Gasteiger partial charge in [0.2, 0.25) is 0 Å². The highest BCUT2D eigenvalue weighted by Crippen LogP contribution is 2.60. The largest absolute Gasteiger partial charge is 0.506 e. The summed E-state index contributed by atoms with van der Waals surface area (Å²) >= 11 is 0. The molecule has 46 heavy (non-hydrogen) atoms. The first kappa shape index (κ1) is 28.9. The highest BCUT2D eigenvalue weighted by atomic mass is 16.3. The van der Waals surface area contributed by atoms with E-state index in [1.165, 1.54) is 44.7 Å². The van der Waals surface area contributed by atoms with Crippen LogP contribution in [-0.4, -0.2) is 81.7 Å². The first-order chi connectivity index (χ1) is 22.3. The molecule has 9 rings (SSSR count). The minimum absolute atomic E-state index is 0.00878. The lowest BCUT2D eigenvalue weighted by Gasteiger charge is -2.57. The quantitative estimate of drug-likeness (QED) is 0.299. The van der Waals surface area contributed by atoms with Crippen LogP contribution in [0.4, 0.5) is 5.82 Å². The van der Waals surface area contributed by atoms with Gasteiger partial charge in [0.05, 0.1) is 6.20 Å². The first-order valence-corrected chi connectivity index (χ1v) is 16.6. The standard InChI is InChI=1S/C37H40N6O3/c1-41(23-37-18-24-14-25(19-37)16-26(15-24)20-37)36(46)33-8-9-34(40-39-33)42-10-12-43(13-11-42)35(45)32-7-6-29(27-17-28(44)22-38-21-27)30-4-2-3-5-31(30)32/h2-9,17,21-22,24-26,44H,10-16,18-20,23H2,1H3. The molecule has 0 unspecified atom stereocenters. The Kier molecular flexibility index (Phi) is 7.14.